The van der Waals surface area contributed by atoms with Crippen molar-refractivity contribution in [3.8, 4) is 0 Å². The molecule has 0 aliphatic carbocycles. The van der Waals surface area contributed by atoms with Gasteiger partial charge in [0.1, 0.15) is 0 Å². The fraction of sp³-hybridized carbons (Fsp3) is 0.900. The van der Waals surface area contributed by atoms with Crippen LogP contribution in [-0.2, 0) is 14.4 Å². The molecule has 0 aromatic heterocycles. The van der Waals surface area contributed by atoms with Gasteiger partial charge in [-0.15, -0.1) is 0 Å². The van der Waals surface area contributed by atoms with Crippen molar-refractivity contribution in [3.05, 3.63) is 0 Å². The quantitative estimate of drug-likeness (QED) is 0.196. The van der Waals surface area contributed by atoms with Crippen LogP contribution in [0, 0.1) is 53.1 Å². The summed E-state index contributed by atoms with van der Waals surface area (Å²) in [4.78, 5) is 32.4. The molecular formula is C30H57O6Tm. The van der Waals surface area contributed by atoms with Gasteiger partial charge in [-0.25, -0.2) is 0 Å². The molecule has 0 amide bonds. The number of rotatable bonds is 18. The van der Waals surface area contributed by atoms with Gasteiger partial charge < -0.3 is 29.7 Å². The molecule has 0 aromatic rings. The standard InChI is InChI=1S/3C10H20O2.Tm/c3*1-4-6-8-10(3,7-5-2)9(11)12;/h3*4-8H2,1-3H3,(H,11,12);/q;;;+3/p-3. The average Bonchev–Trinajstić information content (AvgIpc) is 2.81. The van der Waals surface area contributed by atoms with Gasteiger partial charge in [-0.05, 0) is 38.5 Å². The van der Waals surface area contributed by atoms with E-state index in [2.05, 4.69) is 20.8 Å². The zero-order valence-corrected chi connectivity index (χ0v) is 27.1. The van der Waals surface area contributed by atoms with E-state index >= 15 is 0 Å². The van der Waals surface area contributed by atoms with Crippen LogP contribution in [-0.4, -0.2) is 17.9 Å². The second-order valence-corrected chi connectivity index (χ2v) is 11.1. The van der Waals surface area contributed by atoms with Gasteiger partial charge in [0.2, 0.25) is 0 Å². The van der Waals surface area contributed by atoms with Crippen LogP contribution in [0.25, 0.3) is 0 Å². The summed E-state index contributed by atoms with van der Waals surface area (Å²) in [5, 5.41) is 32.4. The summed E-state index contributed by atoms with van der Waals surface area (Å²) in [7, 11) is 0. The number of aliphatic carboxylic acids is 3. The van der Waals surface area contributed by atoms with Crippen molar-refractivity contribution < 1.29 is 66.6 Å². The van der Waals surface area contributed by atoms with Crippen LogP contribution in [0.3, 0.4) is 0 Å². The molecule has 0 radical (unpaired) electrons. The minimum atomic E-state index is -0.891. The molecule has 0 rings (SSSR count). The van der Waals surface area contributed by atoms with Gasteiger partial charge in [0, 0.05) is 34.2 Å². The van der Waals surface area contributed by atoms with E-state index in [-0.39, 0.29) is 36.9 Å². The van der Waals surface area contributed by atoms with Crippen molar-refractivity contribution in [2.45, 2.75) is 159 Å². The molecule has 3 unspecified atom stereocenters. The zero-order valence-electron chi connectivity index (χ0n) is 25.3. The number of carbonyl (C=O) groups is 3. The van der Waals surface area contributed by atoms with Crippen LogP contribution in [0.5, 0.6) is 0 Å². The Morgan fingerprint density at radius 2 is 0.622 bits per heavy atom. The summed E-state index contributed by atoms with van der Waals surface area (Å²) in [6.07, 6.45) is 13.3. The fourth-order valence-corrected chi connectivity index (χ4v) is 4.34. The first-order valence-electron chi connectivity index (χ1n) is 14.3. The molecule has 0 fully saturated rings. The SMILES string of the molecule is CCCCC(C)(CCC)C(=O)[O-].CCCCC(C)(CCC)C(=O)[O-].CCCCC(C)(CCC)C(=O)[O-].[Tm+3]. The molecule has 0 spiro atoms. The van der Waals surface area contributed by atoms with Gasteiger partial charge in [-0.1, -0.05) is 120 Å². The summed E-state index contributed by atoms with van der Waals surface area (Å²) in [5.74, 6) is -2.67. The molecule has 0 saturated carbocycles. The van der Waals surface area contributed by atoms with Crippen molar-refractivity contribution in [3.63, 3.8) is 0 Å². The average molecular weight is 683 g/mol. The van der Waals surface area contributed by atoms with Gasteiger partial charge in [0.05, 0.1) is 0 Å². The summed E-state index contributed by atoms with van der Waals surface area (Å²) in [6.45, 7) is 17.6. The number of hydrogen-bond donors (Lipinski definition) is 0. The Morgan fingerprint density at radius 1 is 0.432 bits per heavy atom. The molecule has 0 aromatic carbocycles. The Kier molecular flexibility index (Phi) is 29.1. The third-order valence-corrected chi connectivity index (χ3v) is 7.13. The molecule has 6 nitrogen and oxygen atoms in total. The van der Waals surface area contributed by atoms with Crippen LogP contribution < -0.4 is 15.3 Å². The molecule has 0 bridgehead atoms. The third kappa shape index (κ3) is 20.2. The third-order valence-electron chi connectivity index (χ3n) is 7.13. The monoisotopic (exact) mass is 682 g/mol. The Morgan fingerprint density at radius 3 is 0.730 bits per heavy atom. The largest absolute Gasteiger partial charge is 3.00 e. The predicted molar refractivity (Wildman–Crippen MR) is 143 cm³/mol. The molecule has 0 N–H and O–H groups in total. The first-order valence-corrected chi connectivity index (χ1v) is 14.3. The molecule has 0 heterocycles. The van der Waals surface area contributed by atoms with Crippen molar-refractivity contribution in [1.82, 2.24) is 0 Å². The Balaban J connectivity index is -0.000000218. The van der Waals surface area contributed by atoms with E-state index in [1.165, 1.54) is 0 Å². The Labute approximate surface area is 258 Å². The Bertz CT molecular complexity index is 516. The number of carboxylic acid groups (broad SMARTS) is 3. The molecule has 7 heteroatoms. The maximum atomic E-state index is 10.8. The second kappa shape index (κ2) is 24.7. The topological polar surface area (TPSA) is 120 Å². The van der Waals surface area contributed by atoms with E-state index in [9.17, 15) is 29.7 Å². The molecule has 0 aliphatic rings. The van der Waals surface area contributed by atoms with Gasteiger partial charge in [-0.3, -0.25) is 0 Å². The van der Waals surface area contributed by atoms with E-state index < -0.39 is 34.2 Å². The van der Waals surface area contributed by atoms with Crippen LogP contribution in [0.4, 0.5) is 0 Å². The van der Waals surface area contributed by atoms with Crippen molar-refractivity contribution in [2.24, 2.45) is 16.2 Å². The number of hydrogen-bond acceptors (Lipinski definition) is 6. The van der Waals surface area contributed by atoms with Crippen molar-refractivity contribution >= 4 is 17.9 Å². The van der Waals surface area contributed by atoms with Crippen LogP contribution in [0.2, 0.25) is 0 Å². The van der Waals surface area contributed by atoms with E-state index in [0.29, 0.717) is 0 Å². The minimum Gasteiger partial charge on any atom is -0.550 e. The van der Waals surface area contributed by atoms with Gasteiger partial charge in [0.25, 0.3) is 0 Å². The molecule has 3 atom stereocenters. The van der Waals surface area contributed by atoms with Crippen molar-refractivity contribution in [1.29, 1.82) is 0 Å². The molecule has 0 saturated heterocycles. The van der Waals surface area contributed by atoms with Gasteiger partial charge >= 0.3 is 36.9 Å². The second-order valence-electron chi connectivity index (χ2n) is 11.1. The van der Waals surface area contributed by atoms with Gasteiger partial charge in [-0.2, -0.15) is 0 Å². The fourth-order valence-electron chi connectivity index (χ4n) is 4.34. The zero-order chi connectivity index (χ0) is 28.8. The number of carbonyl (C=O) groups excluding carboxylic acids is 3. The normalized spacial score (nSPS) is 15.2. The van der Waals surface area contributed by atoms with E-state index in [4.69, 9.17) is 0 Å². The molecule has 226 valence electrons. The van der Waals surface area contributed by atoms with Crippen LogP contribution in [0.15, 0.2) is 0 Å². The summed E-state index contributed by atoms with van der Waals surface area (Å²) >= 11 is 0. The molecular weight excluding hydrogens is 625 g/mol. The molecule has 37 heavy (non-hydrogen) atoms. The smallest absolute Gasteiger partial charge is 0.550 e. The maximum absolute atomic E-state index is 10.8. The predicted octanol–water partition coefficient (Wildman–Crippen LogP) is 5.20. The number of unbranched alkanes of at least 4 members (excludes halogenated alkanes) is 3. The van der Waals surface area contributed by atoms with Crippen LogP contribution in [0.1, 0.15) is 159 Å². The first-order chi connectivity index (χ1) is 16.7. The van der Waals surface area contributed by atoms with Crippen LogP contribution >= 0.6 is 0 Å². The summed E-state index contributed by atoms with van der Waals surface area (Å²) < 4.78 is 0. The van der Waals surface area contributed by atoms with Crippen molar-refractivity contribution in [2.75, 3.05) is 0 Å². The van der Waals surface area contributed by atoms with E-state index in [1.54, 1.807) is 20.8 Å². The van der Waals surface area contributed by atoms with E-state index in [0.717, 1.165) is 96.3 Å². The Hall–Kier alpha value is -0.356. The summed E-state index contributed by atoms with van der Waals surface area (Å²) in [5.41, 5.74) is -1.78. The van der Waals surface area contributed by atoms with Gasteiger partial charge in [0.15, 0.2) is 0 Å². The first kappa shape index (κ1) is 43.7. The molecule has 0 aliphatic heterocycles. The minimum absolute atomic E-state index is 0. The van der Waals surface area contributed by atoms with E-state index in [1.807, 2.05) is 20.8 Å². The number of carboxylic acids is 3. The maximum Gasteiger partial charge on any atom is 3.00 e. The summed E-state index contributed by atoms with van der Waals surface area (Å²) in [6, 6.07) is 0.